The Morgan fingerprint density at radius 1 is 0.548 bits per heavy atom. The molecule has 0 unspecified atom stereocenters. The van der Waals surface area contributed by atoms with Gasteiger partial charge in [0.2, 0.25) is 0 Å². The monoisotopic (exact) mass is 443 g/mol. The maximum atomic E-state index is 6.37. The molecule has 0 aromatic rings. The highest BCUT2D eigenvalue weighted by Crippen LogP contribution is 2.28. The van der Waals surface area contributed by atoms with Crippen LogP contribution in [0.15, 0.2) is 0 Å². The van der Waals surface area contributed by atoms with Gasteiger partial charge in [-0.2, -0.15) is 0 Å². The normalized spacial score (nSPS) is 15.7. The van der Waals surface area contributed by atoms with Gasteiger partial charge in [0, 0.05) is 13.1 Å². The van der Waals surface area contributed by atoms with E-state index in [1.54, 1.807) is 0 Å². The van der Waals surface area contributed by atoms with Crippen molar-refractivity contribution in [2.45, 2.75) is 161 Å². The van der Waals surface area contributed by atoms with Gasteiger partial charge in [0.15, 0.2) is 0 Å². The van der Waals surface area contributed by atoms with E-state index >= 15 is 0 Å². The van der Waals surface area contributed by atoms with Crippen molar-refractivity contribution in [1.29, 1.82) is 0 Å². The average Bonchev–Trinajstić information content (AvgIpc) is 2.77. The van der Waals surface area contributed by atoms with Crippen molar-refractivity contribution in [3.8, 4) is 0 Å². The molecule has 0 radical (unpaired) electrons. The molecule has 2 nitrogen and oxygen atoms in total. The average molecular weight is 444 g/mol. The summed E-state index contributed by atoms with van der Waals surface area (Å²) in [4.78, 5) is 0. The van der Waals surface area contributed by atoms with Crippen LogP contribution in [0.25, 0.3) is 0 Å². The van der Waals surface area contributed by atoms with Crippen LogP contribution in [-0.4, -0.2) is 25.3 Å². The Labute approximate surface area is 195 Å². The quantitative estimate of drug-likeness (QED) is 0.168. The third kappa shape index (κ3) is 18.0. The summed E-state index contributed by atoms with van der Waals surface area (Å²) in [6.45, 7) is 7.64. The highest BCUT2D eigenvalue weighted by molar-refractivity contribution is 4.86. The highest BCUT2D eigenvalue weighted by Gasteiger charge is 2.31. The Morgan fingerprint density at radius 2 is 0.903 bits per heavy atom. The Bertz CT molecular complexity index is 318. The van der Waals surface area contributed by atoms with E-state index < -0.39 is 0 Å². The maximum Gasteiger partial charge on any atom is 0.0806 e. The second-order valence-corrected chi connectivity index (χ2v) is 10.1. The molecule has 0 atom stereocenters. The topological polar surface area (TPSA) is 21.3 Å². The summed E-state index contributed by atoms with van der Waals surface area (Å²) >= 11 is 0. The number of nitrogens with one attached hydrogen (secondary N) is 1. The van der Waals surface area contributed by atoms with Crippen molar-refractivity contribution < 1.29 is 9.44 Å². The van der Waals surface area contributed by atoms with Gasteiger partial charge < -0.3 is 10.1 Å². The molecule has 0 saturated carbocycles. The molecule has 0 bridgehead atoms. The van der Waals surface area contributed by atoms with Gasteiger partial charge >= 0.3 is 0 Å². The van der Waals surface area contributed by atoms with Gasteiger partial charge in [-0.15, -0.1) is 0 Å². The summed E-state index contributed by atoms with van der Waals surface area (Å²) in [5.74, 6) is 0. The number of unbranched alkanes of at least 4 members (excludes halogenated alkanes) is 18. The van der Waals surface area contributed by atoms with Crippen LogP contribution < -0.4 is 5.32 Å². The summed E-state index contributed by atoms with van der Waals surface area (Å²) in [6.07, 6.45) is 31.0. The molecule has 1 heterocycles. The van der Waals surface area contributed by atoms with Crippen molar-refractivity contribution in [2.75, 3.05) is 19.7 Å². The number of hydrogen-bond acceptors (Lipinski definition) is 2. The molecule has 0 aliphatic carbocycles. The van der Waals surface area contributed by atoms with Crippen LogP contribution in [0.4, 0.5) is 4.70 Å². The van der Waals surface area contributed by atoms with E-state index in [-0.39, 0.29) is 10.3 Å². The number of morpholine rings is 1. The molecule has 3 heteroatoms. The first-order valence-electron chi connectivity index (χ1n) is 14.2. The van der Waals surface area contributed by atoms with E-state index in [4.69, 9.17) is 4.74 Å². The third-order valence-electron chi connectivity index (χ3n) is 7.11. The maximum absolute atomic E-state index is 6.37. The van der Waals surface area contributed by atoms with Crippen molar-refractivity contribution in [1.82, 2.24) is 5.32 Å². The molecule has 0 amide bonds. The molecule has 1 rings (SSSR count). The molecule has 0 aromatic carbocycles. The minimum atomic E-state index is 0. The van der Waals surface area contributed by atoms with Crippen molar-refractivity contribution in [3.63, 3.8) is 0 Å². The van der Waals surface area contributed by atoms with Gasteiger partial charge in [-0.3, -0.25) is 4.70 Å². The number of halogens is 1. The Hall–Kier alpha value is -0.150. The first-order chi connectivity index (χ1) is 14.8. The number of hydrogen-bond donors (Lipinski definition) is 1. The Morgan fingerprint density at radius 3 is 1.23 bits per heavy atom. The molecule has 1 saturated heterocycles. The lowest BCUT2D eigenvalue weighted by Crippen LogP contribution is -2.49. The Kier molecular flexibility index (Phi) is 22.9. The van der Waals surface area contributed by atoms with E-state index in [1.165, 1.54) is 141 Å². The lowest BCUT2D eigenvalue weighted by atomic mass is 9.88. The fourth-order valence-electron chi connectivity index (χ4n) is 5.02. The first-order valence-corrected chi connectivity index (χ1v) is 14.2. The van der Waals surface area contributed by atoms with Gasteiger partial charge in [-0.25, -0.2) is 0 Å². The van der Waals surface area contributed by atoms with Crippen LogP contribution in [0.1, 0.15) is 155 Å². The summed E-state index contributed by atoms with van der Waals surface area (Å²) < 4.78 is 6.37. The fraction of sp³-hybridized carbons (Fsp3) is 1.00. The number of rotatable bonds is 22. The van der Waals surface area contributed by atoms with Crippen LogP contribution in [-0.2, 0) is 4.74 Å². The van der Waals surface area contributed by atoms with Crippen LogP contribution in [0, 0.1) is 0 Å². The van der Waals surface area contributed by atoms with Gasteiger partial charge in [0.25, 0.3) is 0 Å². The molecule has 1 aliphatic heterocycles. The van der Waals surface area contributed by atoms with Gasteiger partial charge in [-0.05, 0) is 12.8 Å². The van der Waals surface area contributed by atoms with Crippen LogP contribution in [0.2, 0.25) is 0 Å². The fourth-order valence-corrected chi connectivity index (χ4v) is 5.02. The molecule has 0 aromatic heterocycles. The minimum absolute atomic E-state index is 0. The molecular formula is C28H58FNO. The zero-order valence-electron chi connectivity index (χ0n) is 21.5. The second kappa shape index (κ2) is 23.0. The highest BCUT2D eigenvalue weighted by atomic mass is 19.0. The van der Waals surface area contributed by atoms with Gasteiger partial charge in [-0.1, -0.05) is 142 Å². The largest absolute Gasteiger partial charge is 0.372 e. The predicted octanol–water partition coefficient (Wildman–Crippen LogP) is 9.12. The summed E-state index contributed by atoms with van der Waals surface area (Å²) in [6, 6.07) is 0. The molecule has 0 spiro atoms. The smallest absolute Gasteiger partial charge is 0.0806 e. The van der Waals surface area contributed by atoms with Gasteiger partial charge in [0.05, 0.1) is 12.2 Å². The molecule has 1 aliphatic rings. The standard InChI is InChI=1S/C28H57NO.FH/c1-3-5-7-9-11-13-15-17-19-21-23-28(27-29-25-26-30-28)24-22-20-18-16-14-12-10-8-6-4-2;/h29H,3-27H2,1-2H3;1H. The molecule has 1 fully saturated rings. The van der Waals surface area contributed by atoms with E-state index in [0.29, 0.717) is 0 Å². The van der Waals surface area contributed by atoms with Crippen molar-refractivity contribution in [2.24, 2.45) is 0 Å². The van der Waals surface area contributed by atoms with Gasteiger partial charge in [0.1, 0.15) is 0 Å². The molecule has 188 valence electrons. The van der Waals surface area contributed by atoms with Crippen LogP contribution in [0.3, 0.4) is 0 Å². The lowest BCUT2D eigenvalue weighted by molar-refractivity contribution is -0.0791. The van der Waals surface area contributed by atoms with Crippen molar-refractivity contribution in [3.05, 3.63) is 0 Å². The first kappa shape index (κ1) is 30.9. The van der Waals surface area contributed by atoms with Crippen LogP contribution >= 0.6 is 0 Å². The number of ether oxygens (including phenoxy) is 1. The lowest BCUT2D eigenvalue weighted by Gasteiger charge is -2.38. The Balaban J connectivity index is 0.00000900. The van der Waals surface area contributed by atoms with E-state index in [9.17, 15) is 0 Å². The van der Waals surface area contributed by atoms with Crippen LogP contribution in [0.5, 0.6) is 0 Å². The van der Waals surface area contributed by atoms with E-state index in [1.807, 2.05) is 0 Å². The van der Waals surface area contributed by atoms with E-state index in [2.05, 4.69) is 19.2 Å². The second-order valence-electron chi connectivity index (χ2n) is 10.1. The zero-order valence-corrected chi connectivity index (χ0v) is 21.5. The minimum Gasteiger partial charge on any atom is -0.372 e. The molecule has 31 heavy (non-hydrogen) atoms. The summed E-state index contributed by atoms with van der Waals surface area (Å²) in [7, 11) is 0. The molecular weight excluding hydrogens is 385 g/mol. The van der Waals surface area contributed by atoms with Crippen molar-refractivity contribution >= 4 is 0 Å². The SMILES string of the molecule is CCCCCCCCCCCCC1(CCCCCCCCCCCC)CNCCO1.F. The summed E-state index contributed by atoms with van der Waals surface area (Å²) in [5.41, 5.74) is 0.151. The summed E-state index contributed by atoms with van der Waals surface area (Å²) in [5, 5.41) is 3.62. The third-order valence-corrected chi connectivity index (χ3v) is 7.11. The zero-order chi connectivity index (χ0) is 21.6. The molecule has 1 N–H and O–H groups in total. The predicted molar refractivity (Wildman–Crippen MR) is 137 cm³/mol. The van der Waals surface area contributed by atoms with E-state index in [0.717, 1.165) is 19.7 Å².